The van der Waals surface area contributed by atoms with Crippen LogP contribution in [0.15, 0.2) is 41.1 Å². The van der Waals surface area contributed by atoms with Crippen LogP contribution in [0.1, 0.15) is 19.3 Å². The fourth-order valence-corrected chi connectivity index (χ4v) is 1.37. The van der Waals surface area contributed by atoms with Gasteiger partial charge in [-0.15, -0.1) is 0 Å². The van der Waals surface area contributed by atoms with Crippen LogP contribution in [-0.2, 0) is 0 Å². The van der Waals surface area contributed by atoms with Crippen LogP contribution in [0.3, 0.4) is 0 Å². The molecule has 0 aliphatic heterocycles. The predicted molar refractivity (Wildman–Crippen MR) is 49.8 cm³/mol. The molecule has 0 aromatic rings. The van der Waals surface area contributed by atoms with Gasteiger partial charge in [0.2, 0.25) is 0 Å². The van der Waals surface area contributed by atoms with Crippen molar-refractivity contribution >= 4 is 6.72 Å². The Hall–Kier alpha value is -1.11. The SMILES string of the molecule is C=CC1=C(N=C)C(=C)CCC1. The number of allylic oxidation sites excluding steroid dienone is 3. The number of rotatable bonds is 2. The number of aliphatic imine (C=N–C) groups is 1. The monoisotopic (exact) mass is 147 g/mol. The van der Waals surface area contributed by atoms with Gasteiger partial charge in [0, 0.05) is 0 Å². The highest BCUT2D eigenvalue weighted by Crippen LogP contribution is 2.29. The van der Waals surface area contributed by atoms with Gasteiger partial charge in [0.25, 0.3) is 0 Å². The zero-order chi connectivity index (χ0) is 8.27. The quantitative estimate of drug-likeness (QED) is 0.532. The van der Waals surface area contributed by atoms with E-state index in [0.29, 0.717) is 0 Å². The summed E-state index contributed by atoms with van der Waals surface area (Å²) in [7, 11) is 0. The van der Waals surface area contributed by atoms with E-state index in [0.717, 1.165) is 24.1 Å². The van der Waals surface area contributed by atoms with Crippen LogP contribution < -0.4 is 0 Å². The molecule has 0 bridgehead atoms. The van der Waals surface area contributed by atoms with Gasteiger partial charge in [-0.2, -0.15) is 0 Å². The zero-order valence-corrected chi connectivity index (χ0v) is 6.77. The topological polar surface area (TPSA) is 12.4 Å². The lowest BCUT2D eigenvalue weighted by atomic mass is 9.93. The molecule has 0 heterocycles. The van der Waals surface area contributed by atoms with Crippen molar-refractivity contribution in [3.63, 3.8) is 0 Å². The van der Waals surface area contributed by atoms with Gasteiger partial charge >= 0.3 is 0 Å². The van der Waals surface area contributed by atoms with Crippen LogP contribution in [0.4, 0.5) is 0 Å². The van der Waals surface area contributed by atoms with Crippen molar-refractivity contribution < 1.29 is 0 Å². The van der Waals surface area contributed by atoms with E-state index in [4.69, 9.17) is 0 Å². The van der Waals surface area contributed by atoms with Crippen molar-refractivity contribution in [2.45, 2.75) is 19.3 Å². The third-order valence-electron chi connectivity index (χ3n) is 1.97. The smallest absolute Gasteiger partial charge is 0.0680 e. The Balaban J connectivity index is 3.04. The van der Waals surface area contributed by atoms with Crippen molar-refractivity contribution in [3.05, 3.63) is 36.1 Å². The van der Waals surface area contributed by atoms with E-state index in [9.17, 15) is 0 Å². The Morgan fingerprint density at radius 3 is 2.55 bits per heavy atom. The minimum atomic E-state index is 0.964. The molecule has 0 unspecified atom stereocenters. The molecule has 0 radical (unpaired) electrons. The third kappa shape index (κ3) is 1.48. The van der Waals surface area contributed by atoms with Crippen molar-refractivity contribution in [2.24, 2.45) is 4.99 Å². The normalized spacial score (nSPS) is 18.4. The van der Waals surface area contributed by atoms with E-state index in [2.05, 4.69) is 24.9 Å². The van der Waals surface area contributed by atoms with Gasteiger partial charge in [-0.25, -0.2) is 0 Å². The summed E-state index contributed by atoms with van der Waals surface area (Å²) in [4.78, 5) is 3.94. The van der Waals surface area contributed by atoms with Crippen LogP contribution in [0.5, 0.6) is 0 Å². The second kappa shape index (κ2) is 3.33. The molecule has 11 heavy (non-hydrogen) atoms. The Bertz CT molecular complexity index is 233. The molecule has 1 rings (SSSR count). The Labute approximate surface area is 67.8 Å². The summed E-state index contributed by atoms with van der Waals surface area (Å²) in [5, 5.41) is 0. The Morgan fingerprint density at radius 1 is 1.36 bits per heavy atom. The van der Waals surface area contributed by atoms with Gasteiger partial charge in [0.05, 0.1) is 5.70 Å². The van der Waals surface area contributed by atoms with Crippen molar-refractivity contribution in [1.29, 1.82) is 0 Å². The average molecular weight is 147 g/mol. The first-order valence-corrected chi connectivity index (χ1v) is 3.80. The Morgan fingerprint density at radius 2 is 2.09 bits per heavy atom. The fourth-order valence-electron chi connectivity index (χ4n) is 1.37. The molecule has 1 aliphatic carbocycles. The second-order valence-electron chi connectivity index (χ2n) is 2.69. The molecule has 0 aromatic heterocycles. The maximum absolute atomic E-state index is 3.94. The van der Waals surface area contributed by atoms with Gasteiger partial charge in [-0.05, 0) is 37.1 Å². The molecular formula is C10H13N. The molecule has 58 valence electrons. The highest BCUT2D eigenvalue weighted by Gasteiger charge is 2.11. The number of hydrogen-bond donors (Lipinski definition) is 0. The molecule has 0 atom stereocenters. The van der Waals surface area contributed by atoms with Gasteiger partial charge in [-0.3, -0.25) is 4.99 Å². The molecule has 1 nitrogen and oxygen atoms in total. The Kier molecular flexibility index (Phi) is 2.42. The van der Waals surface area contributed by atoms with Crippen LogP contribution in [0.25, 0.3) is 0 Å². The molecule has 0 fully saturated rings. The maximum Gasteiger partial charge on any atom is 0.0680 e. The standard InChI is InChI=1S/C10H13N/c1-4-9-7-5-6-8(2)10(9)11-3/h4H,1-3,5-7H2. The van der Waals surface area contributed by atoms with E-state index in [1.165, 1.54) is 12.0 Å². The van der Waals surface area contributed by atoms with Gasteiger partial charge in [0.15, 0.2) is 0 Å². The molecule has 0 aromatic carbocycles. The van der Waals surface area contributed by atoms with E-state index in [1.54, 1.807) is 0 Å². The second-order valence-corrected chi connectivity index (χ2v) is 2.69. The third-order valence-corrected chi connectivity index (χ3v) is 1.97. The summed E-state index contributed by atoms with van der Waals surface area (Å²) in [6, 6.07) is 0. The van der Waals surface area contributed by atoms with E-state index >= 15 is 0 Å². The largest absolute Gasteiger partial charge is 0.264 e. The van der Waals surface area contributed by atoms with Gasteiger partial charge in [-0.1, -0.05) is 19.2 Å². The highest BCUT2D eigenvalue weighted by molar-refractivity contribution is 5.44. The molecule has 0 saturated carbocycles. The summed E-state index contributed by atoms with van der Waals surface area (Å²) in [5.74, 6) is 0. The lowest BCUT2D eigenvalue weighted by Crippen LogP contribution is -1.98. The molecule has 0 N–H and O–H groups in total. The summed E-state index contributed by atoms with van der Waals surface area (Å²) < 4.78 is 0. The van der Waals surface area contributed by atoms with Crippen molar-refractivity contribution in [2.75, 3.05) is 0 Å². The first-order chi connectivity index (χ1) is 5.29. The number of hydrogen-bond acceptors (Lipinski definition) is 1. The zero-order valence-electron chi connectivity index (χ0n) is 6.77. The molecule has 0 amide bonds. The van der Waals surface area contributed by atoms with Gasteiger partial charge < -0.3 is 0 Å². The minimum absolute atomic E-state index is 0.964. The summed E-state index contributed by atoms with van der Waals surface area (Å²) in [6.45, 7) is 11.2. The molecular weight excluding hydrogens is 134 g/mol. The summed E-state index contributed by atoms with van der Waals surface area (Å²) >= 11 is 0. The van der Waals surface area contributed by atoms with Crippen LogP contribution in [0, 0.1) is 0 Å². The van der Waals surface area contributed by atoms with Crippen molar-refractivity contribution in [3.8, 4) is 0 Å². The average Bonchev–Trinajstić information content (AvgIpc) is 2.04. The highest BCUT2D eigenvalue weighted by atomic mass is 14.7. The van der Waals surface area contributed by atoms with E-state index in [-0.39, 0.29) is 0 Å². The van der Waals surface area contributed by atoms with E-state index in [1.807, 2.05) is 6.08 Å². The molecule has 0 spiro atoms. The molecule has 0 saturated heterocycles. The van der Waals surface area contributed by atoms with Crippen LogP contribution in [-0.4, -0.2) is 6.72 Å². The van der Waals surface area contributed by atoms with Crippen molar-refractivity contribution in [1.82, 2.24) is 0 Å². The van der Waals surface area contributed by atoms with Gasteiger partial charge in [0.1, 0.15) is 0 Å². The first kappa shape index (κ1) is 7.99. The van der Waals surface area contributed by atoms with E-state index < -0.39 is 0 Å². The molecule has 1 aliphatic rings. The predicted octanol–water partition coefficient (Wildman–Crippen LogP) is 2.87. The minimum Gasteiger partial charge on any atom is -0.264 e. The molecule has 1 heteroatoms. The van der Waals surface area contributed by atoms with Crippen LogP contribution >= 0.6 is 0 Å². The number of nitrogens with zero attached hydrogens (tertiary/aromatic N) is 1. The lowest BCUT2D eigenvalue weighted by molar-refractivity contribution is 0.776. The van der Waals surface area contributed by atoms with Crippen LogP contribution in [0.2, 0.25) is 0 Å². The maximum atomic E-state index is 3.94. The lowest BCUT2D eigenvalue weighted by Gasteiger charge is -2.16. The fraction of sp³-hybridized carbons (Fsp3) is 0.300. The first-order valence-electron chi connectivity index (χ1n) is 3.80. The summed E-state index contributed by atoms with van der Waals surface area (Å²) in [5.41, 5.74) is 3.25. The summed E-state index contributed by atoms with van der Waals surface area (Å²) in [6.07, 6.45) is 5.14.